The molecule has 4 atom stereocenters. The Labute approximate surface area is 383 Å². The number of carbonyl (C=O) groups excluding carboxylic acids is 2. The van der Waals surface area contributed by atoms with Crippen molar-refractivity contribution in [1.82, 2.24) is 8.61 Å². The molecule has 0 fully saturated rings. The SMILES string of the molecule is CC(=O)[O-].CC(=O)[O-].CC(C)(C)[C@@H]1[C@@H](C(C)(C)C)N=C([O-])N1S(=O)(=O)C(F)(F)F.CC(C)(C)[C@@H]1[C@@H](C(C)(C)C)N=C([O-])N1S(=O)(=O)C(F)(F)F.CCOCC.CO.CO.[Rh+2].[Rh+2]. The first-order chi connectivity index (χ1) is 25.9. The van der Waals surface area contributed by atoms with E-state index in [9.17, 15) is 53.4 Å². The van der Waals surface area contributed by atoms with Gasteiger partial charge in [-0.05, 0) is 49.4 Å². The molecule has 0 unspecified atom stereocenters. The monoisotopic (exact) mass is 1120 g/mol. The van der Waals surface area contributed by atoms with Gasteiger partial charge in [0.2, 0.25) is 0 Å². The number of carboxylic acid groups (broad SMARTS) is 2. The van der Waals surface area contributed by atoms with Gasteiger partial charge in [-0.3, -0.25) is 18.6 Å². The smallest absolute Gasteiger partial charge is 0.846 e. The van der Waals surface area contributed by atoms with E-state index in [0.29, 0.717) is 0 Å². The Balaban J connectivity index is -0.000000136. The first-order valence-corrected chi connectivity index (χ1v) is 20.3. The van der Waals surface area contributed by atoms with Crippen LogP contribution in [0.25, 0.3) is 0 Å². The average Bonchev–Trinajstić information content (AvgIpc) is 3.57. The number of aliphatic imine (C=N–C) groups is 2. The maximum absolute atomic E-state index is 12.8. The largest absolute Gasteiger partial charge is 2.00 e. The third-order valence-electron chi connectivity index (χ3n) is 7.04. The number of aliphatic hydroxyl groups is 2. The van der Waals surface area contributed by atoms with Gasteiger partial charge in [0.15, 0.2) is 0 Å². The molecule has 61 heavy (non-hydrogen) atoms. The molecule has 370 valence electrons. The minimum Gasteiger partial charge on any atom is -0.846 e. The zero-order valence-corrected chi connectivity index (χ0v) is 42.6. The maximum Gasteiger partial charge on any atom is 2.00 e. The van der Waals surface area contributed by atoms with Crippen LogP contribution >= 0.6 is 0 Å². The molecule has 0 bridgehead atoms. The summed E-state index contributed by atoms with van der Waals surface area (Å²) in [6.07, 6.45) is 0. The zero-order valence-electron chi connectivity index (χ0n) is 37.6. The van der Waals surface area contributed by atoms with Crippen LogP contribution in [0.2, 0.25) is 0 Å². The molecule has 2 heterocycles. The number of carboxylic acids is 2. The van der Waals surface area contributed by atoms with Crippen LogP contribution in [0.3, 0.4) is 0 Å². The third-order valence-corrected chi connectivity index (χ3v) is 10.0. The van der Waals surface area contributed by atoms with Crippen LogP contribution < -0.4 is 20.4 Å². The number of nitrogens with zero attached hydrogens (tertiary/aromatic N) is 4. The van der Waals surface area contributed by atoms with Crippen LogP contribution in [0.4, 0.5) is 26.3 Å². The van der Waals surface area contributed by atoms with Crippen molar-refractivity contribution in [3.63, 3.8) is 0 Å². The summed E-state index contributed by atoms with van der Waals surface area (Å²) >= 11 is 0. The Kier molecular flexibility index (Phi) is 34.7. The summed E-state index contributed by atoms with van der Waals surface area (Å²) < 4.78 is 128. The second-order valence-corrected chi connectivity index (χ2v) is 19.9. The molecule has 0 aromatic heterocycles. The van der Waals surface area contributed by atoms with Gasteiger partial charge in [-0.1, -0.05) is 83.1 Å². The zero-order chi connectivity index (χ0) is 49.3. The van der Waals surface area contributed by atoms with E-state index in [1.165, 1.54) is 0 Å². The van der Waals surface area contributed by atoms with Gasteiger partial charge < -0.3 is 45.0 Å². The molecular weight excluding hydrogens is 1060 g/mol. The molecule has 0 saturated heterocycles. The molecule has 2 N–H and O–H groups in total. The summed E-state index contributed by atoms with van der Waals surface area (Å²) in [6.45, 7) is 27.4. The second-order valence-electron chi connectivity index (χ2n) is 16.3. The number of alkyl halides is 6. The van der Waals surface area contributed by atoms with Crippen LogP contribution in [-0.2, 0) is 73.3 Å². The van der Waals surface area contributed by atoms with Crippen LogP contribution in [0, 0.1) is 21.7 Å². The number of aliphatic hydroxyl groups excluding tert-OH is 2. The molecule has 0 amide bonds. The quantitative estimate of drug-likeness (QED) is 0.296. The minimum absolute atomic E-state index is 0. The molecule has 17 nitrogen and oxygen atoms in total. The van der Waals surface area contributed by atoms with Crippen molar-refractivity contribution in [1.29, 1.82) is 0 Å². The Morgan fingerprint density at radius 2 is 0.754 bits per heavy atom. The predicted molar refractivity (Wildman–Crippen MR) is 201 cm³/mol. The maximum atomic E-state index is 12.8. The summed E-state index contributed by atoms with van der Waals surface area (Å²) in [5.74, 6) is -2.17. The van der Waals surface area contributed by atoms with E-state index in [4.69, 9.17) is 34.8 Å². The number of aliphatic carboxylic acids is 2. The topological polar surface area (TPSA) is 276 Å². The van der Waals surface area contributed by atoms with E-state index in [2.05, 4.69) is 9.98 Å². The Morgan fingerprint density at radius 1 is 0.574 bits per heavy atom. The minimum atomic E-state index is -5.76. The molecule has 0 spiro atoms. The number of halogens is 6. The van der Waals surface area contributed by atoms with Crippen molar-refractivity contribution in [2.75, 3.05) is 27.4 Å². The predicted octanol–water partition coefficient (Wildman–Crippen LogP) is 1.16. The van der Waals surface area contributed by atoms with Gasteiger partial charge in [-0.2, -0.15) is 43.2 Å². The molecule has 0 aliphatic carbocycles. The van der Waals surface area contributed by atoms with Gasteiger partial charge in [0, 0.05) is 39.4 Å². The Morgan fingerprint density at radius 3 is 0.852 bits per heavy atom. The van der Waals surface area contributed by atoms with Crippen LogP contribution in [0.5, 0.6) is 0 Å². The Bertz CT molecular complexity index is 1440. The van der Waals surface area contributed by atoms with Crippen LogP contribution in [-0.4, -0.2) is 122 Å². The van der Waals surface area contributed by atoms with Crippen molar-refractivity contribution in [2.24, 2.45) is 31.6 Å². The summed E-state index contributed by atoms with van der Waals surface area (Å²) in [6, 6.07) is -6.77. The van der Waals surface area contributed by atoms with Gasteiger partial charge in [-0.25, -0.2) is 0 Å². The number of hydrogen-bond acceptors (Lipinski definition) is 15. The van der Waals surface area contributed by atoms with Crippen molar-refractivity contribution in [3.8, 4) is 0 Å². The number of ether oxygens (including phenoxy) is 1. The van der Waals surface area contributed by atoms with Gasteiger partial charge in [0.05, 0.1) is 36.2 Å². The van der Waals surface area contributed by atoms with Crippen molar-refractivity contribution in [3.05, 3.63) is 0 Å². The average molecular weight is 1120 g/mol. The first-order valence-electron chi connectivity index (χ1n) is 17.4. The van der Waals surface area contributed by atoms with Crippen LogP contribution in [0.15, 0.2) is 9.98 Å². The molecule has 0 saturated carbocycles. The number of sulfonamides is 2. The summed E-state index contributed by atoms with van der Waals surface area (Å²) in [5, 5.41) is 55.5. The third kappa shape index (κ3) is 24.7. The normalized spacial score (nSPS) is 19.0. The van der Waals surface area contributed by atoms with E-state index in [0.717, 1.165) is 41.3 Å². The molecule has 2 aliphatic heterocycles. The van der Waals surface area contributed by atoms with E-state index in [-0.39, 0.29) is 47.6 Å². The number of rotatable bonds is 4. The number of hydrogen-bond donors (Lipinski definition) is 2. The molecule has 2 aliphatic rings. The first kappa shape index (κ1) is 73.5. The van der Waals surface area contributed by atoms with Gasteiger partial charge in [0.25, 0.3) is 0 Å². The van der Waals surface area contributed by atoms with E-state index < -0.39 is 101 Å². The van der Waals surface area contributed by atoms with E-state index in [1.54, 1.807) is 83.1 Å². The molecular formula is C34H64F6N4O13Rh2S2. The van der Waals surface area contributed by atoms with Crippen molar-refractivity contribution >= 4 is 44.0 Å². The molecule has 0 aromatic carbocycles. The van der Waals surface area contributed by atoms with Crippen molar-refractivity contribution < 1.29 is 127 Å². The van der Waals surface area contributed by atoms with E-state index >= 15 is 0 Å². The Hall–Kier alpha value is -1.91. The summed E-state index contributed by atoms with van der Waals surface area (Å²) in [4.78, 5) is 25.1. The number of carbonyl (C=O) groups is 2. The molecule has 2 radical (unpaired) electrons. The van der Waals surface area contributed by atoms with Crippen molar-refractivity contribution in [2.45, 2.75) is 146 Å². The molecule has 2 rings (SSSR count). The summed E-state index contributed by atoms with van der Waals surface area (Å²) in [7, 11) is -9.52. The van der Waals surface area contributed by atoms with Gasteiger partial charge in [0.1, 0.15) is 0 Å². The molecule has 27 heteroatoms. The van der Waals surface area contributed by atoms with Crippen LogP contribution in [0.1, 0.15) is 111 Å². The fourth-order valence-electron chi connectivity index (χ4n) is 4.90. The number of amidine groups is 2. The fraction of sp³-hybridized carbons (Fsp3) is 0.882. The molecule has 0 aromatic rings. The summed E-state index contributed by atoms with van der Waals surface area (Å²) in [5.41, 5.74) is -14.1. The second kappa shape index (κ2) is 28.8. The standard InChI is InChI=1S/2C12H21F3N2O3S.C4H10O.2C2H4O2.2CH4O.2Rh/c2*1-10(2,3)7-8(11(4,5)6)17(9(18)16-7)21(19,20)12(13,14)15;1-3-5-4-2;2*1-2(3)4;2*1-2;;/h2*7-8H,1-6H3,(H,16,18);3-4H2,1-2H3;2*1H3,(H,3,4);2*2H,1H3;;/q;;;;;;;2*+2/p-4/t2*7-,8-;;;;;;;/m00......./s1. The van der Waals surface area contributed by atoms with E-state index in [1.807, 2.05) is 13.8 Å². The fourth-order valence-corrected chi connectivity index (χ4v) is 7.32. The van der Waals surface area contributed by atoms with Gasteiger partial charge >= 0.3 is 70.0 Å². The van der Waals surface area contributed by atoms with Gasteiger partial charge in [-0.15, -0.1) is 0 Å².